The molecule has 0 aromatic carbocycles. The van der Waals surface area contributed by atoms with Crippen molar-refractivity contribution in [1.29, 1.82) is 0 Å². The minimum Gasteiger partial charge on any atom is -0.441 e. The van der Waals surface area contributed by atoms with E-state index in [-0.39, 0.29) is 24.6 Å². The number of carbonyl (C=O) groups is 2. The molecule has 1 N–H and O–H groups in total. The predicted octanol–water partition coefficient (Wildman–Crippen LogP) is 0.848. The summed E-state index contributed by atoms with van der Waals surface area (Å²) >= 11 is 0. The van der Waals surface area contributed by atoms with Crippen molar-refractivity contribution >= 4 is 12.0 Å². The Bertz CT molecular complexity index is 710. The molecule has 4 rings (SSSR count). The highest BCUT2D eigenvalue weighted by atomic mass is 16.6. The van der Waals surface area contributed by atoms with Gasteiger partial charge in [0, 0.05) is 31.6 Å². The molecule has 0 aliphatic carbocycles. The van der Waals surface area contributed by atoms with Crippen LogP contribution < -0.4 is 5.32 Å². The van der Waals surface area contributed by atoms with Crippen molar-refractivity contribution in [1.82, 2.24) is 24.9 Å². The van der Waals surface area contributed by atoms with Gasteiger partial charge in [0.1, 0.15) is 12.1 Å². The molecule has 142 valence electrons. The van der Waals surface area contributed by atoms with Gasteiger partial charge in [0.05, 0.1) is 18.3 Å². The minimum absolute atomic E-state index is 0.00281. The molecule has 1 aromatic rings. The molecule has 0 bridgehead atoms. The Morgan fingerprint density at radius 2 is 2.15 bits per heavy atom. The smallest absolute Gasteiger partial charge is 0.410 e. The summed E-state index contributed by atoms with van der Waals surface area (Å²) in [5.41, 5.74) is 1.72. The van der Waals surface area contributed by atoms with Crippen molar-refractivity contribution in [3.8, 4) is 0 Å². The monoisotopic (exact) mass is 361 g/mol. The lowest BCUT2D eigenvalue weighted by Crippen LogP contribution is -2.46. The second-order valence-corrected chi connectivity index (χ2v) is 7.81. The first-order valence-corrected chi connectivity index (χ1v) is 9.45. The Labute approximate surface area is 153 Å². The van der Waals surface area contributed by atoms with E-state index in [1.165, 1.54) is 0 Å². The molecule has 0 unspecified atom stereocenters. The van der Waals surface area contributed by atoms with Gasteiger partial charge in [-0.05, 0) is 39.4 Å². The maximum atomic E-state index is 12.7. The van der Waals surface area contributed by atoms with Gasteiger partial charge in [-0.2, -0.15) is 5.10 Å². The topological polar surface area (TPSA) is 79.7 Å². The molecule has 1 aromatic heterocycles. The lowest BCUT2D eigenvalue weighted by molar-refractivity contribution is -0.130. The number of rotatable bonds is 3. The van der Waals surface area contributed by atoms with E-state index in [0.717, 1.165) is 43.7 Å². The number of hydrogen-bond donors (Lipinski definition) is 1. The lowest BCUT2D eigenvalue weighted by Gasteiger charge is -2.31. The number of likely N-dealkylation sites (tertiary alicyclic amines) is 1. The quantitative estimate of drug-likeness (QED) is 0.863. The first-order valence-electron chi connectivity index (χ1n) is 9.45. The van der Waals surface area contributed by atoms with Gasteiger partial charge in [-0.1, -0.05) is 0 Å². The fourth-order valence-corrected chi connectivity index (χ4v) is 4.40. The average Bonchev–Trinajstić information content (AvgIpc) is 3.27. The van der Waals surface area contributed by atoms with Gasteiger partial charge in [0.2, 0.25) is 5.91 Å². The zero-order valence-corrected chi connectivity index (χ0v) is 15.5. The summed E-state index contributed by atoms with van der Waals surface area (Å²) < 4.78 is 7.66. The molecule has 0 radical (unpaired) electrons. The number of amides is 2. The van der Waals surface area contributed by atoms with Crippen molar-refractivity contribution in [2.75, 3.05) is 39.3 Å². The fourth-order valence-electron chi connectivity index (χ4n) is 4.40. The predicted molar refractivity (Wildman–Crippen MR) is 94.8 cm³/mol. The Morgan fingerprint density at radius 1 is 1.38 bits per heavy atom. The third kappa shape index (κ3) is 3.18. The second kappa shape index (κ2) is 6.57. The third-order valence-corrected chi connectivity index (χ3v) is 5.79. The molecule has 3 saturated heterocycles. The number of nitrogens with one attached hydrogen (secondary N) is 1. The van der Waals surface area contributed by atoms with E-state index in [0.29, 0.717) is 19.6 Å². The van der Waals surface area contributed by atoms with Crippen molar-refractivity contribution in [3.63, 3.8) is 0 Å². The van der Waals surface area contributed by atoms with Crippen molar-refractivity contribution < 1.29 is 14.3 Å². The van der Waals surface area contributed by atoms with E-state index >= 15 is 0 Å². The molecule has 8 nitrogen and oxygen atoms in total. The summed E-state index contributed by atoms with van der Waals surface area (Å²) in [4.78, 5) is 28.4. The van der Waals surface area contributed by atoms with Crippen molar-refractivity contribution in [2.24, 2.45) is 0 Å². The van der Waals surface area contributed by atoms with E-state index in [1.807, 2.05) is 23.4 Å². The molecule has 1 atom stereocenters. The van der Waals surface area contributed by atoms with Crippen LogP contribution in [-0.2, 0) is 9.53 Å². The maximum absolute atomic E-state index is 12.7. The fraction of sp³-hybridized carbons (Fsp3) is 0.722. The normalized spacial score (nSPS) is 25.2. The summed E-state index contributed by atoms with van der Waals surface area (Å²) in [6.07, 6.45) is 2.17. The highest BCUT2D eigenvalue weighted by molar-refractivity contribution is 5.83. The van der Waals surface area contributed by atoms with Gasteiger partial charge in [-0.3, -0.25) is 14.4 Å². The highest BCUT2D eigenvalue weighted by Gasteiger charge is 2.46. The number of piperidine rings is 1. The van der Waals surface area contributed by atoms with Crippen LogP contribution >= 0.6 is 0 Å². The Morgan fingerprint density at radius 3 is 2.85 bits per heavy atom. The van der Waals surface area contributed by atoms with Crippen LogP contribution in [0.2, 0.25) is 0 Å². The molecule has 2 amide bonds. The maximum Gasteiger partial charge on any atom is 0.410 e. The lowest BCUT2D eigenvalue weighted by atomic mass is 9.92. The molecule has 1 spiro atoms. The molecular weight excluding hydrogens is 334 g/mol. The van der Waals surface area contributed by atoms with Crippen molar-refractivity contribution in [3.05, 3.63) is 17.5 Å². The SMILES string of the molecule is Cc1cc(C)n([C@@H]2CCN(C(=O)CN3CC4(CCNCC4)OC3=O)C2)n1. The highest BCUT2D eigenvalue weighted by Crippen LogP contribution is 2.31. The molecule has 3 aliphatic heterocycles. The number of aryl methyl sites for hydroxylation is 2. The average molecular weight is 361 g/mol. The molecule has 0 saturated carbocycles. The van der Waals surface area contributed by atoms with Gasteiger partial charge in [0.25, 0.3) is 0 Å². The minimum atomic E-state index is -0.403. The largest absolute Gasteiger partial charge is 0.441 e. The first-order chi connectivity index (χ1) is 12.5. The van der Waals surface area contributed by atoms with E-state index < -0.39 is 5.60 Å². The second-order valence-electron chi connectivity index (χ2n) is 7.81. The molecule has 3 aliphatic rings. The van der Waals surface area contributed by atoms with Crippen LogP contribution in [0.25, 0.3) is 0 Å². The molecule has 3 fully saturated rings. The van der Waals surface area contributed by atoms with Gasteiger partial charge in [-0.25, -0.2) is 4.79 Å². The Kier molecular flexibility index (Phi) is 4.38. The van der Waals surface area contributed by atoms with E-state index in [1.54, 1.807) is 4.90 Å². The van der Waals surface area contributed by atoms with Crippen LogP contribution in [0.4, 0.5) is 4.79 Å². The Balaban J connectivity index is 1.35. The van der Waals surface area contributed by atoms with Gasteiger partial charge < -0.3 is 15.0 Å². The summed E-state index contributed by atoms with van der Waals surface area (Å²) in [6.45, 7) is 7.72. The zero-order chi connectivity index (χ0) is 18.3. The van der Waals surface area contributed by atoms with Crippen molar-refractivity contribution in [2.45, 2.75) is 44.8 Å². The summed E-state index contributed by atoms with van der Waals surface area (Å²) in [5, 5.41) is 7.83. The zero-order valence-electron chi connectivity index (χ0n) is 15.5. The van der Waals surface area contributed by atoms with Crippen LogP contribution in [0, 0.1) is 13.8 Å². The number of nitrogens with zero attached hydrogens (tertiary/aromatic N) is 4. The van der Waals surface area contributed by atoms with Gasteiger partial charge in [-0.15, -0.1) is 0 Å². The molecular formula is C18H27N5O3. The first kappa shape index (κ1) is 17.3. The molecule has 26 heavy (non-hydrogen) atoms. The molecule has 4 heterocycles. The summed E-state index contributed by atoms with van der Waals surface area (Å²) in [7, 11) is 0. The van der Waals surface area contributed by atoms with E-state index in [9.17, 15) is 9.59 Å². The number of aromatic nitrogens is 2. The number of ether oxygens (including phenoxy) is 1. The number of carbonyl (C=O) groups excluding carboxylic acids is 2. The number of hydrogen-bond acceptors (Lipinski definition) is 5. The third-order valence-electron chi connectivity index (χ3n) is 5.79. The van der Waals surface area contributed by atoms with Crippen LogP contribution in [0.5, 0.6) is 0 Å². The van der Waals surface area contributed by atoms with E-state index in [2.05, 4.69) is 16.5 Å². The standard InChI is InChI=1S/C18H27N5O3/c1-13-9-14(2)23(20-13)15-3-8-21(10-15)16(24)11-22-12-18(26-17(22)25)4-6-19-7-5-18/h9,15,19H,3-8,10-12H2,1-2H3/t15-/m1/s1. The van der Waals surface area contributed by atoms with Crippen LogP contribution in [0.3, 0.4) is 0 Å². The van der Waals surface area contributed by atoms with Gasteiger partial charge in [0.15, 0.2) is 0 Å². The van der Waals surface area contributed by atoms with Gasteiger partial charge >= 0.3 is 6.09 Å². The van der Waals surface area contributed by atoms with Crippen LogP contribution in [0.15, 0.2) is 6.07 Å². The molecule has 8 heteroatoms. The summed E-state index contributed by atoms with van der Waals surface area (Å²) in [5.74, 6) is -0.00281. The summed E-state index contributed by atoms with van der Waals surface area (Å²) in [6, 6.07) is 2.28. The van der Waals surface area contributed by atoms with Crippen LogP contribution in [0.1, 0.15) is 36.7 Å². The van der Waals surface area contributed by atoms with E-state index in [4.69, 9.17) is 4.74 Å². The van der Waals surface area contributed by atoms with Crippen LogP contribution in [-0.4, -0.2) is 76.5 Å². The Hall–Kier alpha value is -2.09.